The minimum absolute atomic E-state index is 0.0729. The van der Waals surface area contributed by atoms with Gasteiger partial charge in [0.1, 0.15) is 12.1 Å². The van der Waals surface area contributed by atoms with Crippen molar-refractivity contribution in [2.75, 3.05) is 18.8 Å². The number of aliphatic carboxylic acids is 1. The molecule has 1 fully saturated rings. The SMILES string of the molecule is NC(=O)CC(N)C(=O)NC(CS)C(=O)NCC(=O)N1CCCC1C(=O)O. The molecule has 0 saturated carbocycles. The molecule has 3 unspecified atom stereocenters. The zero-order chi connectivity index (χ0) is 19.9. The second-order valence-electron chi connectivity index (χ2n) is 5.82. The van der Waals surface area contributed by atoms with Crippen molar-refractivity contribution >= 4 is 42.2 Å². The van der Waals surface area contributed by atoms with Crippen LogP contribution in [0.3, 0.4) is 0 Å². The predicted octanol–water partition coefficient (Wildman–Crippen LogP) is -3.20. The van der Waals surface area contributed by atoms with Crippen molar-refractivity contribution in [2.24, 2.45) is 11.5 Å². The maximum Gasteiger partial charge on any atom is 0.326 e. The number of hydrogen-bond donors (Lipinski definition) is 6. The van der Waals surface area contributed by atoms with Crippen LogP contribution in [-0.4, -0.2) is 76.6 Å². The van der Waals surface area contributed by atoms with E-state index in [0.717, 1.165) is 0 Å². The van der Waals surface area contributed by atoms with Gasteiger partial charge in [-0.25, -0.2) is 4.79 Å². The van der Waals surface area contributed by atoms with Crippen molar-refractivity contribution in [2.45, 2.75) is 37.4 Å². The summed E-state index contributed by atoms with van der Waals surface area (Å²) in [5, 5.41) is 13.7. The van der Waals surface area contributed by atoms with Crippen LogP contribution in [0.15, 0.2) is 0 Å². The Labute approximate surface area is 155 Å². The third-order valence-electron chi connectivity index (χ3n) is 3.85. The summed E-state index contributed by atoms with van der Waals surface area (Å²) in [7, 11) is 0. The van der Waals surface area contributed by atoms with E-state index >= 15 is 0 Å². The Hall–Kier alpha value is -2.34. The lowest BCUT2D eigenvalue weighted by molar-refractivity contribution is -0.148. The van der Waals surface area contributed by atoms with Gasteiger partial charge >= 0.3 is 5.97 Å². The smallest absolute Gasteiger partial charge is 0.326 e. The van der Waals surface area contributed by atoms with Crippen LogP contribution in [0.25, 0.3) is 0 Å². The molecule has 1 saturated heterocycles. The first-order valence-corrected chi connectivity index (χ1v) is 8.55. The van der Waals surface area contributed by atoms with Gasteiger partial charge in [-0.2, -0.15) is 12.6 Å². The van der Waals surface area contributed by atoms with Crippen LogP contribution in [0.1, 0.15) is 19.3 Å². The summed E-state index contributed by atoms with van der Waals surface area (Å²) in [5.41, 5.74) is 10.4. The van der Waals surface area contributed by atoms with Crippen LogP contribution in [0.4, 0.5) is 0 Å². The van der Waals surface area contributed by atoms with E-state index < -0.39 is 54.3 Å². The number of primary amides is 1. The highest BCUT2D eigenvalue weighted by molar-refractivity contribution is 7.80. The highest BCUT2D eigenvalue weighted by Gasteiger charge is 2.34. The summed E-state index contributed by atoms with van der Waals surface area (Å²) in [6.07, 6.45) is 0.558. The zero-order valence-corrected chi connectivity index (χ0v) is 14.9. The van der Waals surface area contributed by atoms with E-state index in [-0.39, 0.29) is 12.2 Å². The molecular formula is C14H23N5O6S. The molecule has 11 nitrogen and oxygen atoms in total. The zero-order valence-electron chi connectivity index (χ0n) is 14.0. The minimum atomic E-state index is -1.20. The first kappa shape index (κ1) is 21.7. The molecule has 26 heavy (non-hydrogen) atoms. The number of hydrogen-bond acceptors (Lipinski definition) is 7. The molecule has 1 rings (SSSR count). The van der Waals surface area contributed by atoms with Crippen molar-refractivity contribution in [1.82, 2.24) is 15.5 Å². The summed E-state index contributed by atoms with van der Waals surface area (Å²) >= 11 is 3.96. The molecule has 0 radical (unpaired) electrons. The summed E-state index contributed by atoms with van der Waals surface area (Å²) in [6.45, 7) is -0.101. The van der Waals surface area contributed by atoms with Crippen LogP contribution in [0, 0.1) is 0 Å². The van der Waals surface area contributed by atoms with Gasteiger partial charge in [-0.05, 0) is 12.8 Å². The molecular weight excluding hydrogens is 366 g/mol. The van der Waals surface area contributed by atoms with E-state index in [1.165, 1.54) is 4.90 Å². The molecule has 4 amide bonds. The van der Waals surface area contributed by atoms with Crippen LogP contribution in [0.2, 0.25) is 0 Å². The predicted molar refractivity (Wildman–Crippen MR) is 93.0 cm³/mol. The van der Waals surface area contributed by atoms with E-state index in [9.17, 15) is 24.0 Å². The Morgan fingerprint density at radius 2 is 1.88 bits per heavy atom. The van der Waals surface area contributed by atoms with Crippen LogP contribution in [0.5, 0.6) is 0 Å². The number of carboxylic acid groups (broad SMARTS) is 1. The van der Waals surface area contributed by atoms with Gasteiger partial charge in [0.15, 0.2) is 0 Å². The van der Waals surface area contributed by atoms with Gasteiger partial charge in [0, 0.05) is 12.3 Å². The molecule has 1 heterocycles. The van der Waals surface area contributed by atoms with Crippen molar-refractivity contribution in [1.29, 1.82) is 0 Å². The highest BCUT2D eigenvalue weighted by Crippen LogP contribution is 2.17. The molecule has 0 aromatic heterocycles. The minimum Gasteiger partial charge on any atom is -0.480 e. The topological polar surface area (TPSA) is 185 Å². The van der Waals surface area contributed by atoms with E-state index in [1.807, 2.05) is 0 Å². The van der Waals surface area contributed by atoms with Gasteiger partial charge in [0.25, 0.3) is 0 Å². The first-order chi connectivity index (χ1) is 12.2. The number of carbonyl (C=O) groups excluding carboxylic acids is 4. The number of carbonyl (C=O) groups is 5. The molecule has 0 bridgehead atoms. The highest BCUT2D eigenvalue weighted by atomic mass is 32.1. The lowest BCUT2D eigenvalue weighted by Gasteiger charge is -2.23. The number of carboxylic acids is 1. The molecule has 1 aliphatic rings. The molecule has 12 heteroatoms. The second kappa shape index (κ2) is 9.97. The monoisotopic (exact) mass is 389 g/mol. The fourth-order valence-electron chi connectivity index (χ4n) is 2.49. The number of thiol groups is 1. The second-order valence-corrected chi connectivity index (χ2v) is 6.19. The molecule has 0 aromatic carbocycles. The summed E-state index contributed by atoms with van der Waals surface area (Å²) in [6, 6.07) is -3.18. The Kier molecular flexibility index (Phi) is 8.32. The fraction of sp³-hybridized carbons (Fsp3) is 0.643. The molecule has 0 aromatic rings. The number of nitrogens with zero attached hydrogens (tertiary/aromatic N) is 1. The Bertz CT molecular complexity index is 586. The van der Waals surface area contributed by atoms with E-state index in [4.69, 9.17) is 16.6 Å². The van der Waals surface area contributed by atoms with Gasteiger partial charge in [0.05, 0.1) is 19.0 Å². The lowest BCUT2D eigenvalue weighted by atomic mass is 10.2. The van der Waals surface area contributed by atoms with Crippen molar-refractivity contribution in [3.63, 3.8) is 0 Å². The van der Waals surface area contributed by atoms with Crippen molar-refractivity contribution in [3.8, 4) is 0 Å². The maximum absolute atomic E-state index is 12.1. The first-order valence-electron chi connectivity index (χ1n) is 7.92. The summed E-state index contributed by atoms with van der Waals surface area (Å²) in [5.74, 6) is -3.89. The van der Waals surface area contributed by atoms with E-state index in [2.05, 4.69) is 23.3 Å². The number of rotatable bonds is 9. The molecule has 146 valence electrons. The van der Waals surface area contributed by atoms with Gasteiger partial charge in [-0.15, -0.1) is 0 Å². The number of amides is 4. The number of likely N-dealkylation sites (tertiary alicyclic amines) is 1. The largest absolute Gasteiger partial charge is 0.480 e. The standard InChI is InChI=1S/C14H23N5O6S/c15-7(4-10(16)20)12(22)18-8(6-26)13(23)17-5-11(21)19-3-1-2-9(19)14(24)25/h7-9,26H,1-6,15H2,(H2,16,20)(H,17,23)(H,18,22)(H,24,25). The van der Waals surface area contributed by atoms with Crippen LogP contribution in [-0.2, 0) is 24.0 Å². The normalized spacial score (nSPS) is 18.7. The quantitative estimate of drug-likeness (QED) is 0.224. The Balaban J connectivity index is 2.53. The summed E-state index contributed by atoms with van der Waals surface area (Å²) in [4.78, 5) is 59.1. The van der Waals surface area contributed by atoms with Crippen LogP contribution >= 0.6 is 12.6 Å². The third kappa shape index (κ3) is 6.19. The maximum atomic E-state index is 12.1. The van der Waals surface area contributed by atoms with Gasteiger partial charge in [-0.1, -0.05) is 0 Å². The van der Waals surface area contributed by atoms with Crippen LogP contribution < -0.4 is 22.1 Å². The average Bonchev–Trinajstić information content (AvgIpc) is 3.06. The van der Waals surface area contributed by atoms with Gasteiger partial charge in [0.2, 0.25) is 23.6 Å². The average molecular weight is 389 g/mol. The molecule has 1 aliphatic heterocycles. The molecule has 3 atom stereocenters. The Morgan fingerprint density at radius 1 is 1.23 bits per heavy atom. The Morgan fingerprint density at radius 3 is 2.42 bits per heavy atom. The number of nitrogens with one attached hydrogen (secondary N) is 2. The van der Waals surface area contributed by atoms with Gasteiger partial charge in [-0.3, -0.25) is 19.2 Å². The third-order valence-corrected chi connectivity index (χ3v) is 4.21. The van der Waals surface area contributed by atoms with E-state index in [0.29, 0.717) is 19.4 Å². The lowest BCUT2D eigenvalue weighted by Crippen LogP contribution is -2.54. The van der Waals surface area contributed by atoms with Crippen molar-refractivity contribution in [3.05, 3.63) is 0 Å². The van der Waals surface area contributed by atoms with Gasteiger partial charge < -0.3 is 32.1 Å². The molecule has 0 aliphatic carbocycles. The molecule has 0 spiro atoms. The molecule has 7 N–H and O–H groups in total. The fourth-order valence-corrected chi connectivity index (χ4v) is 2.75. The summed E-state index contributed by atoms with van der Waals surface area (Å²) < 4.78 is 0. The van der Waals surface area contributed by atoms with Crippen molar-refractivity contribution < 1.29 is 29.1 Å². The number of nitrogens with two attached hydrogens (primary N) is 2. The van der Waals surface area contributed by atoms with E-state index in [1.54, 1.807) is 0 Å².